The van der Waals surface area contributed by atoms with Crippen molar-refractivity contribution in [3.05, 3.63) is 34.1 Å². The molecule has 2 rings (SSSR count). The van der Waals surface area contributed by atoms with Gasteiger partial charge in [0.05, 0.1) is 11.4 Å². The SMILES string of the molecule is CCN(Cc1noc(CC(C)C)n1)C(=O)C(=O)c1cccs1. The summed E-state index contributed by atoms with van der Waals surface area (Å²) in [5.41, 5.74) is 0. The first-order valence-corrected chi connectivity index (χ1v) is 8.07. The van der Waals surface area contributed by atoms with E-state index in [0.29, 0.717) is 35.5 Å². The number of hydrogen-bond donors (Lipinski definition) is 0. The number of rotatable bonds is 7. The predicted molar refractivity (Wildman–Crippen MR) is 82.6 cm³/mol. The van der Waals surface area contributed by atoms with Crippen molar-refractivity contribution in [3.8, 4) is 0 Å². The van der Waals surface area contributed by atoms with Gasteiger partial charge < -0.3 is 9.42 Å². The molecule has 0 radical (unpaired) electrons. The van der Waals surface area contributed by atoms with Crippen LogP contribution in [0, 0.1) is 5.92 Å². The molecule has 22 heavy (non-hydrogen) atoms. The number of likely N-dealkylation sites (N-methyl/N-ethyl adjacent to an activating group) is 1. The van der Waals surface area contributed by atoms with Crippen molar-refractivity contribution in [2.75, 3.05) is 6.54 Å². The Morgan fingerprint density at radius 3 is 2.77 bits per heavy atom. The van der Waals surface area contributed by atoms with E-state index in [2.05, 4.69) is 24.0 Å². The molecule has 6 nitrogen and oxygen atoms in total. The van der Waals surface area contributed by atoms with Gasteiger partial charge in [-0.1, -0.05) is 25.1 Å². The molecule has 0 saturated heterocycles. The summed E-state index contributed by atoms with van der Waals surface area (Å²) in [6.45, 7) is 6.52. The number of Topliss-reactive ketones (excluding diaryl/α,β-unsaturated/α-hetero) is 1. The number of carbonyl (C=O) groups excluding carboxylic acids is 2. The number of carbonyl (C=O) groups is 2. The third-order valence-corrected chi connectivity index (χ3v) is 3.90. The van der Waals surface area contributed by atoms with Crippen molar-refractivity contribution in [1.29, 1.82) is 0 Å². The van der Waals surface area contributed by atoms with Crippen LogP contribution in [-0.4, -0.2) is 33.3 Å². The topological polar surface area (TPSA) is 76.3 Å². The molecule has 118 valence electrons. The Hall–Kier alpha value is -2.02. The highest BCUT2D eigenvalue weighted by Gasteiger charge is 2.24. The van der Waals surface area contributed by atoms with E-state index in [4.69, 9.17) is 4.52 Å². The third kappa shape index (κ3) is 4.00. The fraction of sp³-hybridized carbons (Fsp3) is 0.467. The van der Waals surface area contributed by atoms with Crippen molar-refractivity contribution in [2.24, 2.45) is 5.92 Å². The molecule has 0 atom stereocenters. The van der Waals surface area contributed by atoms with E-state index in [1.807, 2.05) is 6.92 Å². The van der Waals surface area contributed by atoms with E-state index in [0.717, 1.165) is 0 Å². The van der Waals surface area contributed by atoms with Gasteiger partial charge in [0.15, 0.2) is 5.82 Å². The van der Waals surface area contributed by atoms with Crippen molar-refractivity contribution in [3.63, 3.8) is 0 Å². The Kier molecular flexibility index (Phi) is 5.43. The number of nitrogens with zero attached hydrogens (tertiary/aromatic N) is 3. The minimum atomic E-state index is -0.542. The quantitative estimate of drug-likeness (QED) is 0.578. The van der Waals surface area contributed by atoms with Crippen molar-refractivity contribution >= 4 is 23.0 Å². The number of hydrogen-bond acceptors (Lipinski definition) is 6. The van der Waals surface area contributed by atoms with Crippen LogP contribution in [0.2, 0.25) is 0 Å². The summed E-state index contributed by atoms with van der Waals surface area (Å²) >= 11 is 1.26. The van der Waals surface area contributed by atoms with Crippen molar-refractivity contribution in [1.82, 2.24) is 15.0 Å². The normalized spacial score (nSPS) is 10.9. The fourth-order valence-corrected chi connectivity index (χ4v) is 2.60. The average Bonchev–Trinajstić information content (AvgIpc) is 3.14. The summed E-state index contributed by atoms with van der Waals surface area (Å²) in [6.07, 6.45) is 0.696. The molecular weight excluding hydrogens is 302 g/mol. The highest BCUT2D eigenvalue weighted by molar-refractivity contribution is 7.12. The lowest BCUT2D eigenvalue weighted by Crippen LogP contribution is -2.36. The standard InChI is InChI=1S/C15H19N3O3S/c1-4-18(15(20)14(19)11-6-5-7-22-11)9-12-16-13(21-17-12)8-10(2)3/h5-7,10H,4,8-9H2,1-3H3. The van der Waals surface area contributed by atoms with Crippen LogP contribution in [0.3, 0.4) is 0 Å². The smallest absolute Gasteiger partial charge is 0.296 e. The molecule has 0 unspecified atom stereocenters. The maximum absolute atomic E-state index is 12.3. The molecule has 7 heteroatoms. The zero-order chi connectivity index (χ0) is 16.1. The van der Waals surface area contributed by atoms with Crippen LogP contribution < -0.4 is 0 Å². The van der Waals surface area contributed by atoms with Crippen LogP contribution >= 0.6 is 11.3 Å². The maximum atomic E-state index is 12.3. The summed E-state index contributed by atoms with van der Waals surface area (Å²) in [5, 5.41) is 5.64. The molecule has 0 aliphatic carbocycles. The van der Waals surface area contributed by atoms with E-state index in [9.17, 15) is 9.59 Å². The molecule has 0 N–H and O–H groups in total. The molecule has 0 aliphatic heterocycles. The average molecular weight is 321 g/mol. The first-order chi connectivity index (χ1) is 10.5. The highest BCUT2D eigenvalue weighted by Crippen LogP contribution is 2.13. The van der Waals surface area contributed by atoms with Gasteiger partial charge in [-0.05, 0) is 24.3 Å². The van der Waals surface area contributed by atoms with E-state index in [1.54, 1.807) is 17.5 Å². The lowest BCUT2D eigenvalue weighted by molar-refractivity contribution is -0.126. The second-order valence-corrected chi connectivity index (χ2v) is 6.28. The predicted octanol–water partition coefficient (Wildman–Crippen LogP) is 2.56. The second kappa shape index (κ2) is 7.31. The van der Waals surface area contributed by atoms with Gasteiger partial charge in [-0.15, -0.1) is 11.3 Å². The van der Waals surface area contributed by atoms with Gasteiger partial charge in [-0.3, -0.25) is 9.59 Å². The molecule has 2 aromatic rings. The van der Waals surface area contributed by atoms with E-state index in [-0.39, 0.29) is 6.54 Å². The maximum Gasteiger partial charge on any atom is 0.296 e. The second-order valence-electron chi connectivity index (χ2n) is 5.33. The number of thiophene rings is 1. The molecule has 2 heterocycles. The van der Waals surface area contributed by atoms with Crippen LogP contribution in [0.25, 0.3) is 0 Å². The summed E-state index contributed by atoms with van der Waals surface area (Å²) in [5.74, 6) is 0.350. The van der Waals surface area contributed by atoms with Gasteiger partial charge in [-0.2, -0.15) is 4.98 Å². The molecule has 2 aromatic heterocycles. The number of amides is 1. The van der Waals surface area contributed by atoms with Gasteiger partial charge in [0.25, 0.3) is 11.7 Å². The highest BCUT2D eigenvalue weighted by atomic mass is 32.1. The zero-order valence-electron chi connectivity index (χ0n) is 12.9. The Bertz CT molecular complexity index is 634. The van der Waals surface area contributed by atoms with E-state index in [1.165, 1.54) is 16.2 Å². The Balaban J connectivity index is 2.04. The lowest BCUT2D eigenvalue weighted by atomic mass is 10.1. The first kappa shape index (κ1) is 16.4. The third-order valence-electron chi connectivity index (χ3n) is 3.03. The van der Waals surface area contributed by atoms with Crippen LogP contribution in [0.1, 0.15) is 42.2 Å². The lowest BCUT2D eigenvalue weighted by Gasteiger charge is -2.17. The fourth-order valence-electron chi connectivity index (χ4n) is 1.94. The van der Waals surface area contributed by atoms with Crippen LogP contribution in [-0.2, 0) is 17.8 Å². The molecule has 0 fully saturated rings. The van der Waals surface area contributed by atoms with Gasteiger partial charge in [0.1, 0.15) is 0 Å². The number of aromatic nitrogens is 2. The van der Waals surface area contributed by atoms with Crippen LogP contribution in [0.5, 0.6) is 0 Å². The number of ketones is 1. The van der Waals surface area contributed by atoms with Crippen molar-refractivity contribution in [2.45, 2.75) is 33.7 Å². The summed E-state index contributed by atoms with van der Waals surface area (Å²) in [4.78, 5) is 30.5. The summed E-state index contributed by atoms with van der Waals surface area (Å²) in [6, 6.07) is 3.40. The molecule has 0 aliphatic rings. The van der Waals surface area contributed by atoms with Gasteiger partial charge in [0, 0.05) is 13.0 Å². The van der Waals surface area contributed by atoms with Crippen LogP contribution in [0.4, 0.5) is 0 Å². The van der Waals surface area contributed by atoms with E-state index >= 15 is 0 Å². The molecule has 0 saturated carbocycles. The minimum absolute atomic E-state index is 0.175. The largest absolute Gasteiger partial charge is 0.339 e. The summed E-state index contributed by atoms with van der Waals surface area (Å²) < 4.78 is 5.15. The van der Waals surface area contributed by atoms with E-state index < -0.39 is 11.7 Å². The summed E-state index contributed by atoms with van der Waals surface area (Å²) in [7, 11) is 0. The molecule has 0 bridgehead atoms. The minimum Gasteiger partial charge on any atom is -0.339 e. The molecule has 0 spiro atoms. The van der Waals surface area contributed by atoms with Crippen LogP contribution in [0.15, 0.2) is 22.0 Å². The Morgan fingerprint density at radius 2 is 2.18 bits per heavy atom. The first-order valence-electron chi connectivity index (χ1n) is 7.19. The molecular formula is C15H19N3O3S. The van der Waals surface area contributed by atoms with Gasteiger partial charge in [-0.25, -0.2) is 0 Å². The van der Waals surface area contributed by atoms with Gasteiger partial charge in [0.2, 0.25) is 5.89 Å². The van der Waals surface area contributed by atoms with Crippen molar-refractivity contribution < 1.29 is 14.1 Å². The zero-order valence-corrected chi connectivity index (χ0v) is 13.7. The van der Waals surface area contributed by atoms with Gasteiger partial charge >= 0.3 is 0 Å². The Morgan fingerprint density at radius 1 is 1.41 bits per heavy atom. The molecule has 1 amide bonds. The molecule has 0 aromatic carbocycles. The Labute approximate surface area is 133 Å². The monoisotopic (exact) mass is 321 g/mol.